The molecule has 3 saturated carbocycles. The second-order valence-electron chi connectivity index (χ2n) is 9.70. The molecule has 0 aliphatic heterocycles. The molecule has 4 aliphatic carbocycles. The number of halogens is 3. The molecule has 0 radical (unpaired) electrons. The van der Waals surface area contributed by atoms with Crippen LogP contribution in [-0.4, -0.2) is 43.9 Å². The molecule has 4 nitrogen and oxygen atoms in total. The number of rotatable bonds is 2. The van der Waals surface area contributed by atoms with Gasteiger partial charge in [-0.15, -0.1) is 0 Å². The Morgan fingerprint density at radius 2 is 2.03 bits per heavy atom. The normalized spacial score (nSPS) is 53.6. The number of aliphatic hydroxyl groups excluding tert-OH is 1. The van der Waals surface area contributed by atoms with Crippen molar-refractivity contribution in [2.24, 2.45) is 28.6 Å². The van der Waals surface area contributed by atoms with E-state index < -0.39 is 38.6 Å². The van der Waals surface area contributed by atoms with Crippen molar-refractivity contribution in [3.8, 4) is 0 Å². The van der Waals surface area contributed by atoms with Gasteiger partial charge in [-0.1, -0.05) is 57.4 Å². The molecule has 0 saturated heterocycles. The lowest BCUT2D eigenvalue weighted by atomic mass is 9.45. The molecule has 0 bridgehead atoms. The second-order valence-corrected chi connectivity index (χ2v) is 12.1. The van der Waals surface area contributed by atoms with E-state index in [0.717, 1.165) is 0 Å². The van der Waals surface area contributed by atoms with Gasteiger partial charge in [0, 0.05) is 16.2 Å². The number of carbonyl (C=O) groups is 3. The van der Waals surface area contributed by atoms with E-state index in [1.54, 1.807) is 13.0 Å². The van der Waals surface area contributed by atoms with E-state index in [0.29, 0.717) is 24.7 Å². The van der Waals surface area contributed by atoms with Crippen LogP contribution in [-0.2, 0) is 14.4 Å². The lowest BCUT2D eigenvalue weighted by Gasteiger charge is -2.63. The van der Waals surface area contributed by atoms with Crippen LogP contribution in [0.2, 0.25) is 0 Å². The van der Waals surface area contributed by atoms with Gasteiger partial charge in [0.15, 0.2) is 17.7 Å². The Labute approximate surface area is 186 Å². The molecule has 7 heteroatoms. The van der Waals surface area contributed by atoms with Gasteiger partial charge in [-0.3, -0.25) is 14.4 Å². The van der Waals surface area contributed by atoms with Gasteiger partial charge in [-0.25, -0.2) is 4.39 Å². The summed E-state index contributed by atoms with van der Waals surface area (Å²) in [6.07, 6.45) is 4.61. The Hall–Kier alpha value is -0.660. The summed E-state index contributed by atoms with van der Waals surface area (Å²) in [6, 6.07) is 0. The van der Waals surface area contributed by atoms with Gasteiger partial charge in [0.2, 0.25) is 5.78 Å². The molecule has 0 aromatic carbocycles. The molecule has 0 spiro atoms. The van der Waals surface area contributed by atoms with Gasteiger partial charge in [-0.2, -0.15) is 0 Å². The number of hydrogen-bond donors (Lipinski definition) is 1. The zero-order valence-corrected chi connectivity index (χ0v) is 19.8. The summed E-state index contributed by atoms with van der Waals surface area (Å²) in [7, 11) is 0. The number of alkyl halides is 3. The molecule has 0 aromatic rings. The van der Waals surface area contributed by atoms with E-state index in [1.165, 1.54) is 12.2 Å². The lowest BCUT2D eigenvalue weighted by Crippen LogP contribution is -2.70. The molecule has 4 rings (SSSR count). The van der Waals surface area contributed by atoms with Crippen LogP contribution in [0.25, 0.3) is 0 Å². The SMILES string of the molecule is C[C@@H]1C[C@H]2[C@@H]3[C@H](Br)CC4=CC(=O)C=C[C@]4(C)[C@@]3(F)[C@@H](O)C[C@]2(C)[C@@]1(Br)C(=O)C=O. The van der Waals surface area contributed by atoms with Gasteiger partial charge >= 0.3 is 0 Å². The van der Waals surface area contributed by atoms with E-state index >= 15 is 4.39 Å². The summed E-state index contributed by atoms with van der Waals surface area (Å²) in [5.41, 5.74) is -3.17. The molecule has 0 unspecified atom stereocenters. The van der Waals surface area contributed by atoms with E-state index in [-0.39, 0.29) is 28.9 Å². The van der Waals surface area contributed by atoms with Gasteiger partial charge in [0.25, 0.3) is 0 Å². The Morgan fingerprint density at radius 1 is 1.38 bits per heavy atom. The monoisotopic (exact) mass is 530 g/mol. The number of fused-ring (bicyclic) bond motifs is 5. The Balaban J connectivity index is 1.89. The number of hydrogen-bond acceptors (Lipinski definition) is 4. The highest BCUT2D eigenvalue weighted by atomic mass is 79.9. The zero-order chi connectivity index (χ0) is 21.6. The summed E-state index contributed by atoms with van der Waals surface area (Å²) >= 11 is 7.28. The van der Waals surface area contributed by atoms with Crippen LogP contribution in [0.1, 0.15) is 40.0 Å². The van der Waals surface area contributed by atoms with Crippen LogP contribution >= 0.6 is 31.9 Å². The molecule has 1 N–H and O–H groups in total. The fourth-order valence-electron chi connectivity index (χ4n) is 7.07. The van der Waals surface area contributed by atoms with E-state index in [2.05, 4.69) is 31.9 Å². The van der Waals surface area contributed by atoms with E-state index in [4.69, 9.17) is 0 Å². The van der Waals surface area contributed by atoms with Gasteiger partial charge < -0.3 is 5.11 Å². The Kier molecular flexibility index (Phi) is 4.78. The van der Waals surface area contributed by atoms with Crippen LogP contribution in [0.15, 0.2) is 23.8 Å². The minimum atomic E-state index is -1.99. The number of Topliss-reactive ketones (excluding diaryl/α,β-unsaturated/α-hetero) is 1. The van der Waals surface area contributed by atoms with E-state index in [9.17, 15) is 19.5 Å². The van der Waals surface area contributed by atoms with Crippen LogP contribution < -0.4 is 0 Å². The van der Waals surface area contributed by atoms with Gasteiger partial charge in [-0.05, 0) is 55.6 Å². The molecular weight excluding hydrogens is 507 g/mol. The highest BCUT2D eigenvalue weighted by molar-refractivity contribution is 9.10. The predicted molar refractivity (Wildman–Crippen MR) is 114 cm³/mol. The number of aliphatic hydroxyl groups is 1. The molecule has 158 valence electrons. The minimum absolute atomic E-state index is 0.0597. The average molecular weight is 532 g/mol. The maximum absolute atomic E-state index is 17.1. The number of allylic oxidation sites excluding steroid dienone is 4. The molecule has 9 atom stereocenters. The van der Waals surface area contributed by atoms with Crippen molar-refractivity contribution in [2.75, 3.05) is 0 Å². The Bertz CT molecular complexity index is 871. The van der Waals surface area contributed by atoms with Crippen molar-refractivity contribution in [3.63, 3.8) is 0 Å². The first-order valence-electron chi connectivity index (χ1n) is 10.0. The third-order valence-electron chi connectivity index (χ3n) is 8.59. The smallest absolute Gasteiger partial charge is 0.212 e. The van der Waals surface area contributed by atoms with Crippen molar-refractivity contribution < 1.29 is 23.9 Å². The van der Waals surface area contributed by atoms with Crippen molar-refractivity contribution in [1.82, 2.24) is 0 Å². The molecule has 0 heterocycles. The lowest BCUT2D eigenvalue weighted by molar-refractivity contribution is -0.190. The summed E-state index contributed by atoms with van der Waals surface area (Å²) in [4.78, 5) is 35.8. The molecule has 3 fully saturated rings. The average Bonchev–Trinajstić information content (AvgIpc) is 2.85. The van der Waals surface area contributed by atoms with Gasteiger partial charge in [0.05, 0.1) is 10.4 Å². The maximum atomic E-state index is 17.1. The topological polar surface area (TPSA) is 71.4 Å². The minimum Gasteiger partial charge on any atom is -0.390 e. The first-order chi connectivity index (χ1) is 13.4. The number of ketones is 2. The van der Waals surface area contributed by atoms with Gasteiger partial charge in [0.1, 0.15) is 0 Å². The zero-order valence-electron chi connectivity index (χ0n) is 16.6. The third-order valence-corrected chi connectivity index (χ3v) is 11.6. The second kappa shape index (κ2) is 6.42. The largest absolute Gasteiger partial charge is 0.390 e. The predicted octanol–water partition coefficient (Wildman–Crippen LogP) is 3.88. The highest BCUT2D eigenvalue weighted by Gasteiger charge is 2.76. The fourth-order valence-corrected chi connectivity index (χ4v) is 8.91. The maximum Gasteiger partial charge on any atom is 0.212 e. The van der Waals surface area contributed by atoms with E-state index in [1.807, 2.05) is 13.8 Å². The molecule has 4 aliphatic rings. The molecular formula is C22H25Br2FO4. The first kappa shape index (κ1) is 21.6. The van der Waals surface area contributed by atoms with Crippen LogP contribution in [0.3, 0.4) is 0 Å². The fraction of sp³-hybridized carbons (Fsp3) is 0.682. The summed E-state index contributed by atoms with van der Waals surface area (Å²) < 4.78 is 16.0. The summed E-state index contributed by atoms with van der Waals surface area (Å²) in [5, 5.41) is 11.3. The number of carbonyl (C=O) groups excluding carboxylic acids is 3. The van der Waals surface area contributed by atoms with Crippen LogP contribution in [0.4, 0.5) is 4.39 Å². The van der Waals surface area contributed by atoms with Crippen LogP contribution in [0.5, 0.6) is 0 Å². The molecule has 29 heavy (non-hydrogen) atoms. The standard InChI is InChI=1S/C22H25Br2FO4/c1-11-6-14-18-15(23)8-12-7-13(27)4-5-19(12,2)22(18,25)16(28)9-20(14,3)21(11,24)17(29)10-26/h4-5,7,10-11,14-16,18,28H,6,8-9H2,1-3H3/t11-,14+,15-,16+,18-,19+,20+,21+,22-/m1/s1. The summed E-state index contributed by atoms with van der Waals surface area (Å²) in [6.45, 7) is 5.56. The number of aldehydes is 1. The quantitative estimate of drug-likeness (QED) is 0.333. The highest BCUT2D eigenvalue weighted by Crippen LogP contribution is 2.72. The summed E-state index contributed by atoms with van der Waals surface area (Å²) in [5.74, 6) is -1.69. The molecule has 0 aromatic heterocycles. The Morgan fingerprint density at radius 3 is 2.66 bits per heavy atom. The van der Waals surface area contributed by atoms with Crippen molar-refractivity contribution in [3.05, 3.63) is 23.8 Å². The van der Waals surface area contributed by atoms with Crippen molar-refractivity contribution >= 4 is 49.7 Å². The van der Waals surface area contributed by atoms with Crippen LogP contribution in [0, 0.1) is 28.6 Å². The van der Waals surface area contributed by atoms with Crippen molar-refractivity contribution in [1.29, 1.82) is 0 Å². The first-order valence-corrected chi connectivity index (χ1v) is 11.7. The molecule has 0 amide bonds. The third kappa shape index (κ3) is 2.35. The van der Waals surface area contributed by atoms with Crippen molar-refractivity contribution in [2.45, 2.75) is 61.0 Å².